The Bertz CT molecular complexity index is 198. The van der Waals surface area contributed by atoms with E-state index in [1.54, 1.807) is 6.08 Å². The van der Waals surface area contributed by atoms with Gasteiger partial charge >= 0.3 is 5.97 Å². The Balaban J connectivity index is 4.10. The van der Waals surface area contributed by atoms with Gasteiger partial charge in [0.1, 0.15) is 6.04 Å². The first-order valence-corrected chi connectivity index (χ1v) is 5.79. The van der Waals surface area contributed by atoms with Gasteiger partial charge in [-0.25, -0.2) is 0 Å². The Morgan fingerprint density at radius 3 is 2.64 bits per heavy atom. The molecule has 0 aromatic carbocycles. The van der Waals surface area contributed by atoms with E-state index in [-0.39, 0.29) is 5.97 Å². The van der Waals surface area contributed by atoms with Crippen molar-refractivity contribution in [1.82, 2.24) is 0 Å². The van der Waals surface area contributed by atoms with Crippen LogP contribution in [0.5, 0.6) is 0 Å². The number of nitrogens with two attached hydrogens (primary N) is 1. The van der Waals surface area contributed by atoms with Crippen LogP contribution in [0.1, 0.15) is 26.7 Å². The maximum absolute atomic E-state index is 11.3. The van der Waals surface area contributed by atoms with E-state index in [1.165, 1.54) is 0 Å². The van der Waals surface area contributed by atoms with Gasteiger partial charge in [0.15, 0.2) is 0 Å². The van der Waals surface area contributed by atoms with Crippen molar-refractivity contribution in [3.05, 3.63) is 11.6 Å². The van der Waals surface area contributed by atoms with Crippen LogP contribution in [0.3, 0.4) is 0 Å². The summed E-state index contributed by atoms with van der Waals surface area (Å²) in [5, 5.41) is 0. The number of carbonyl (C=O) groups is 1. The number of hydrogen-bond acceptors (Lipinski definition) is 3. The van der Waals surface area contributed by atoms with Gasteiger partial charge in [-0.15, -0.1) is 9.24 Å². The number of esters is 1. The van der Waals surface area contributed by atoms with E-state index in [1.807, 2.05) is 13.8 Å². The monoisotopic (exact) mass is 217 g/mol. The summed E-state index contributed by atoms with van der Waals surface area (Å²) in [4.78, 5) is 11.3. The second-order valence-corrected chi connectivity index (χ2v) is 3.48. The number of hydrogen-bond donors (Lipinski definition) is 1. The maximum Gasteiger partial charge on any atom is 0.326 e. The molecule has 0 aromatic rings. The van der Waals surface area contributed by atoms with Crippen LogP contribution in [0.2, 0.25) is 0 Å². The van der Waals surface area contributed by atoms with Crippen LogP contribution in [0.25, 0.3) is 0 Å². The molecule has 0 aromatic heterocycles. The van der Waals surface area contributed by atoms with Gasteiger partial charge in [-0.2, -0.15) is 0 Å². The topological polar surface area (TPSA) is 52.3 Å². The first kappa shape index (κ1) is 13.6. The highest BCUT2D eigenvalue weighted by Crippen LogP contribution is 2.06. The first-order chi connectivity index (χ1) is 6.65. The summed E-state index contributed by atoms with van der Waals surface area (Å²) < 4.78 is 4.93. The maximum atomic E-state index is 11.3. The highest BCUT2D eigenvalue weighted by atomic mass is 31.0. The number of ether oxygens (including phenoxy) is 1. The predicted octanol–water partition coefficient (Wildman–Crippen LogP) is 1.48. The van der Waals surface area contributed by atoms with Gasteiger partial charge in [-0.05, 0) is 19.0 Å². The van der Waals surface area contributed by atoms with E-state index in [2.05, 4.69) is 9.24 Å². The van der Waals surface area contributed by atoms with Gasteiger partial charge in [0.2, 0.25) is 0 Å². The molecule has 0 radical (unpaired) electrons. The van der Waals surface area contributed by atoms with E-state index < -0.39 is 6.04 Å². The molecule has 0 fully saturated rings. The molecule has 0 saturated carbocycles. The number of carbonyl (C=O) groups excluding carboxylic acids is 1. The molecule has 2 N–H and O–H groups in total. The van der Waals surface area contributed by atoms with Crippen molar-refractivity contribution in [3.63, 3.8) is 0 Å². The first-order valence-electron chi connectivity index (χ1n) is 4.97. The molecular weight excluding hydrogens is 197 g/mol. The van der Waals surface area contributed by atoms with Crippen molar-refractivity contribution in [3.8, 4) is 0 Å². The SMILES string of the molecule is CCCOC(=O)C(N)C=C(CC)CP. The van der Waals surface area contributed by atoms with Gasteiger partial charge in [0, 0.05) is 0 Å². The lowest BCUT2D eigenvalue weighted by molar-refractivity contribution is -0.144. The zero-order valence-electron chi connectivity index (χ0n) is 8.95. The van der Waals surface area contributed by atoms with Crippen molar-refractivity contribution >= 4 is 15.2 Å². The molecular formula is C10H20NO2P. The minimum Gasteiger partial charge on any atom is -0.464 e. The van der Waals surface area contributed by atoms with Crippen molar-refractivity contribution in [2.75, 3.05) is 12.8 Å². The van der Waals surface area contributed by atoms with Crippen LogP contribution >= 0.6 is 9.24 Å². The fourth-order valence-corrected chi connectivity index (χ4v) is 1.38. The van der Waals surface area contributed by atoms with Crippen LogP contribution in [0.4, 0.5) is 0 Å². The molecule has 0 saturated heterocycles. The molecule has 0 bridgehead atoms. The molecule has 4 heteroatoms. The molecule has 0 aliphatic heterocycles. The second-order valence-electron chi connectivity index (χ2n) is 3.08. The zero-order chi connectivity index (χ0) is 11.0. The van der Waals surface area contributed by atoms with Crippen LogP contribution < -0.4 is 5.73 Å². The third-order valence-corrected chi connectivity index (χ3v) is 2.38. The minimum atomic E-state index is -0.614. The minimum absolute atomic E-state index is 0.337. The second kappa shape index (κ2) is 7.95. The largest absolute Gasteiger partial charge is 0.464 e. The highest BCUT2D eigenvalue weighted by molar-refractivity contribution is 7.16. The average Bonchev–Trinajstić information content (AvgIpc) is 2.21. The van der Waals surface area contributed by atoms with Gasteiger partial charge in [0.25, 0.3) is 0 Å². The third kappa shape index (κ3) is 5.36. The fourth-order valence-electron chi connectivity index (χ4n) is 0.951. The van der Waals surface area contributed by atoms with E-state index >= 15 is 0 Å². The molecule has 0 amide bonds. The van der Waals surface area contributed by atoms with Crippen LogP contribution in [0.15, 0.2) is 11.6 Å². The van der Waals surface area contributed by atoms with Gasteiger partial charge in [0.05, 0.1) is 6.61 Å². The van der Waals surface area contributed by atoms with Gasteiger partial charge < -0.3 is 10.5 Å². The summed E-state index contributed by atoms with van der Waals surface area (Å²) in [5.41, 5.74) is 6.81. The Morgan fingerprint density at radius 2 is 2.21 bits per heavy atom. The fraction of sp³-hybridized carbons (Fsp3) is 0.700. The summed E-state index contributed by atoms with van der Waals surface area (Å²) in [6.07, 6.45) is 4.38. The predicted molar refractivity (Wildman–Crippen MR) is 62.2 cm³/mol. The van der Waals surface area contributed by atoms with E-state index in [0.717, 1.165) is 24.6 Å². The summed E-state index contributed by atoms with van der Waals surface area (Å²) in [6, 6.07) is -0.614. The summed E-state index contributed by atoms with van der Waals surface area (Å²) >= 11 is 0. The van der Waals surface area contributed by atoms with Crippen molar-refractivity contribution in [1.29, 1.82) is 0 Å². The molecule has 82 valence electrons. The van der Waals surface area contributed by atoms with E-state index in [4.69, 9.17) is 10.5 Å². The lowest BCUT2D eigenvalue weighted by atomic mass is 10.1. The van der Waals surface area contributed by atoms with Crippen LogP contribution in [0, 0.1) is 0 Å². The average molecular weight is 217 g/mol. The van der Waals surface area contributed by atoms with E-state index in [0.29, 0.717) is 6.61 Å². The molecule has 3 nitrogen and oxygen atoms in total. The van der Waals surface area contributed by atoms with Gasteiger partial charge in [-0.1, -0.05) is 25.5 Å². The molecule has 2 unspecified atom stereocenters. The van der Waals surface area contributed by atoms with Gasteiger partial charge in [-0.3, -0.25) is 4.79 Å². The molecule has 0 spiro atoms. The quantitative estimate of drug-likeness (QED) is 0.416. The Morgan fingerprint density at radius 1 is 1.57 bits per heavy atom. The summed E-state index contributed by atoms with van der Waals surface area (Å²) in [5.74, 6) is -0.337. The Kier molecular flexibility index (Phi) is 7.73. The molecule has 0 heterocycles. The number of allylic oxidation sites excluding steroid dienone is 1. The normalized spacial score (nSPS) is 13.9. The smallest absolute Gasteiger partial charge is 0.326 e. The molecule has 14 heavy (non-hydrogen) atoms. The highest BCUT2D eigenvalue weighted by Gasteiger charge is 2.11. The Labute approximate surface area is 88.3 Å². The third-order valence-electron chi connectivity index (χ3n) is 1.85. The van der Waals surface area contributed by atoms with Crippen molar-refractivity contribution in [2.45, 2.75) is 32.7 Å². The molecule has 0 rings (SSSR count). The standard InChI is InChI=1S/C10H20NO2P/c1-3-5-13-10(12)9(11)6-8(4-2)7-14/h6,9H,3-5,7,11,14H2,1-2H3. The lowest BCUT2D eigenvalue weighted by Crippen LogP contribution is -2.30. The Hall–Kier alpha value is -0.400. The lowest BCUT2D eigenvalue weighted by Gasteiger charge is -2.08. The molecule has 0 aliphatic rings. The van der Waals surface area contributed by atoms with Crippen molar-refractivity contribution in [2.24, 2.45) is 5.73 Å². The molecule has 0 aliphatic carbocycles. The van der Waals surface area contributed by atoms with Crippen LogP contribution in [-0.2, 0) is 9.53 Å². The number of rotatable bonds is 6. The van der Waals surface area contributed by atoms with Crippen molar-refractivity contribution < 1.29 is 9.53 Å². The van der Waals surface area contributed by atoms with Crippen LogP contribution in [-0.4, -0.2) is 24.8 Å². The molecule has 2 atom stereocenters. The zero-order valence-corrected chi connectivity index (χ0v) is 10.1. The van der Waals surface area contributed by atoms with E-state index in [9.17, 15) is 4.79 Å². The summed E-state index contributed by atoms with van der Waals surface area (Å²) in [7, 11) is 2.62. The summed E-state index contributed by atoms with van der Waals surface area (Å²) in [6.45, 7) is 4.44.